The number of rotatable bonds is 11. The van der Waals surface area contributed by atoms with E-state index in [0.717, 1.165) is 41.4 Å². The first-order valence-electron chi connectivity index (χ1n) is 21.5. The van der Waals surface area contributed by atoms with Crippen LogP contribution in [-0.2, 0) is 0 Å². The zero-order chi connectivity index (χ0) is 31.0. The van der Waals surface area contributed by atoms with Crippen molar-refractivity contribution in [2.45, 2.75) is 205 Å². The Morgan fingerprint density at radius 2 is 0.733 bits per heavy atom. The molecule has 45 heavy (non-hydrogen) atoms. The summed E-state index contributed by atoms with van der Waals surface area (Å²) < 4.78 is 0. The highest BCUT2D eigenvalue weighted by Crippen LogP contribution is 2.55. The average Bonchev–Trinajstić information content (AvgIpc) is 3.10. The van der Waals surface area contributed by atoms with E-state index < -0.39 is 0 Å². The second-order valence-electron chi connectivity index (χ2n) is 18.2. The van der Waals surface area contributed by atoms with Crippen LogP contribution < -0.4 is 0 Å². The molecule has 0 aromatic heterocycles. The van der Waals surface area contributed by atoms with Crippen molar-refractivity contribution in [1.29, 1.82) is 0 Å². The van der Waals surface area contributed by atoms with Crippen LogP contribution >= 0.6 is 0 Å². The van der Waals surface area contributed by atoms with Gasteiger partial charge in [-0.25, -0.2) is 0 Å². The third-order valence-corrected chi connectivity index (χ3v) is 15.7. The van der Waals surface area contributed by atoms with Crippen molar-refractivity contribution in [1.82, 2.24) is 0 Å². The van der Waals surface area contributed by atoms with Crippen LogP contribution in [0.1, 0.15) is 193 Å². The maximum absolute atomic E-state index is 12.2. The van der Waals surface area contributed by atoms with Crippen molar-refractivity contribution in [3.8, 4) is 0 Å². The van der Waals surface area contributed by atoms with Crippen LogP contribution in [-0.4, -0.2) is 22.4 Å². The lowest BCUT2D eigenvalue weighted by Crippen LogP contribution is -2.49. The molecule has 4 atom stereocenters. The van der Waals surface area contributed by atoms with E-state index in [4.69, 9.17) is 0 Å². The average molecular weight is 625 g/mol. The van der Waals surface area contributed by atoms with Crippen molar-refractivity contribution in [2.75, 3.05) is 0 Å². The molecule has 6 fully saturated rings. The standard InChI is InChI=1S/C43H76O2/c1-2-3-4-17-26-37(35-27-38(31-18-9-5-10-19-31)42(44)39(28-35)32-20-11-6-12-21-32)36-29-40(33-22-13-7-14-23-33)43(45)41(30-36)34-24-15-8-16-25-34/h31-45H,2-30H2,1H3. The molecule has 0 bridgehead atoms. The fourth-order valence-electron chi connectivity index (χ4n) is 13.3. The Labute approximate surface area is 280 Å². The molecule has 4 unspecified atom stereocenters. The molecule has 0 aromatic rings. The summed E-state index contributed by atoms with van der Waals surface area (Å²) in [5.41, 5.74) is 0. The van der Waals surface area contributed by atoms with Gasteiger partial charge < -0.3 is 10.2 Å². The van der Waals surface area contributed by atoms with Crippen LogP contribution in [0.2, 0.25) is 0 Å². The molecule has 0 aliphatic heterocycles. The van der Waals surface area contributed by atoms with Gasteiger partial charge in [-0.2, -0.15) is 0 Å². The molecule has 0 spiro atoms. The molecule has 2 N–H and O–H groups in total. The lowest BCUT2D eigenvalue weighted by Gasteiger charge is -2.53. The lowest BCUT2D eigenvalue weighted by atomic mass is 9.54. The first-order chi connectivity index (χ1) is 22.1. The molecule has 6 aliphatic rings. The van der Waals surface area contributed by atoms with E-state index >= 15 is 0 Å². The molecule has 0 saturated heterocycles. The van der Waals surface area contributed by atoms with Gasteiger partial charge in [0.05, 0.1) is 12.2 Å². The van der Waals surface area contributed by atoms with Gasteiger partial charge in [-0.1, -0.05) is 161 Å². The van der Waals surface area contributed by atoms with E-state index in [2.05, 4.69) is 6.92 Å². The highest BCUT2D eigenvalue weighted by molar-refractivity contribution is 5.00. The van der Waals surface area contributed by atoms with Gasteiger partial charge in [0.2, 0.25) is 0 Å². The highest BCUT2D eigenvalue weighted by atomic mass is 16.3. The zero-order valence-electron chi connectivity index (χ0n) is 29.9. The summed E-state index contributed by atoms with van der Waals surface area (Å²) in [5, 5.41) is 24.4. The van der Waals surface area contributed by atoms with Crippen molar-refractivity contribution in [2.24, 2.45) is 65.1 Å². The monoisotopic (exact) mass is 625 g/mol. The number of hydrogen-bond donors (Lipinski definition) is 2. The van der Waals surface area contributed by atoms with Gasteiger partial charge in [-0.3, -0.25) is 0 Å². The Kier molecular flexibility index (Phi) is 13.6. The largest absolute Gasteiger partial charge is 0.393 e. The molecule has 6 aliphatic carbocycles. The maximum Gasteiger partial charge on any atom is 0.0602 e. The van der Waals surface area contributed by atoms with Gasteiger partial charge in [0.1, 0.15) is 0 Å². The Bertz CT molecular complexity index is 698. The third-order valence-electron chi connectivity index (χ3n) is 15.7. The third kappa shape index (κ3) is 8.75. The van der Waals surface area contributed by atoms with Crippen LogP contribution in [0.5, 0.6) is 0 Å². The fourth-order valence-corrected chi connectivity index (χ4v) is 13.3. The summed E-state index contributed by atoms with van der Waals surface area (Å²) in [4.78, 5) is 0. The fraction of sp³-hybridized carbons (Fsp3) is 1.00. The normalized spacial score (nSPS) is 39.5. The molecular weight excluding hydrogens is 548 g/mol. The predicted octanol–water partition coefficient (Wildman–Crippen LogP) is 11.9. The summed E-state index contributed by atoms with van der Waals surface area (Å²) >= 11 is 0. The van der Waals surface area contributed by atoms with Gasteiger partial charge in [0, 0.05) is 0 Å². The van der Waals surface area contributed by atoms with E-state index in [1.165, 1.54) is 186 Å². The van der Waals surface area contributed by atoms with Crippen LogP contribution in [0.25, 0.3) is 0 Å². The number of hydrogen-bond acceptors (Lipinski definition) is 2. The molecule has 2 nitrogen and oxygen atoms in total. The lowest BCUT2D eigenvalue weighted by molar-refractivity contribution is -0.100. The van der Waals surface area contributed by atoms with Gasteiger partial charge in [0.15, 0.2) is 0 Å². The van der Waals surface area contributed by atoms with Crippen molar-refractivity contribution in [3.05, 3.63) is 0 Å². The molecule has 0 radical (unpaired) electrons. The van der Waals surface area contributed by atoms with E-state index in [0.29, 0.717) is 23.7 Å². The van der Waals surface area contributed by atoms with Gasteiger partial charge in [-0.05, 0) is 97.2 Å². The van der Waals surface area contributed by atoms with E-state index in [1.54, 1.807) is 0 Å². The van der Waals surface area contributed by atoms with Crippen molar-refractivity contribution in [3.63, 3.8) is 0 Å². The Morgan fingerprint density at radius 1 is 0.422 bits per heavy atom. The van der Waals surface area contributed by atoms with Crippen LogP contribution in [0.4, 0.5) is 0 Å². The summed E-state index contributed by atoms with van der Waals surface area (Å²) in [6.07, 6.45) is 40.2. The Balaban J connectivity index is 1.28. The van der Waals surface area contributed by atoms with Gasteiger partial charge in [0.25, 0.3) is 0 Å². The molecule has 2 heteroatoms. The first kappa shape index (κ1) is 34.8. The van der Waals surface area contributed by atoms with E-state index in [1.807, 2.05) is 0 Å². The molecule has 6 saturated carbocycles. The topological polar surface area (TPSA) is 40.5 Å². The van der Waals surface area contributed by atoms with Crippen molar-refractivity contribution >= 4 is 0 Å². The van der Waals surface area contributed by atoms with Gasteiger partial charge in [-0.15, -0.1) is 0 Å². The van der Waals surface area contributed by atoms with Gasteiger partial charge >= 0.3 is 0 Å². The number of aliphatic hydroxyl groups is 2. The predicted molar refractivity (Wildman–Crippen MR) is 190 cm³/mol. The minimum absolute atomic E-state index is 0.0358. The molecule has 0 amide bonds. The molecular formula is C43H76O2. The van der Waals surface area contributed by atoms with Crippen LogP contribution in [0.3, 0.4) is 0 Å². The SMILES string of the molecule is CCCCCCC(C1CC(C2CCCCC2)C(O)C(C2CCCCC2)C1)C1CC(C2CCCCC2)C(O)C(C2CCCCC2)C1. The van der Waals surface area contributed by atoms with Crippen LogP contribution in [0, 0.1) is 65.1 Å². The van der Waals surface area contributed by atoms with E-state index in [9.17, 15) is 10.2 Å². The second kappa shape index (κ2) is 17.5. The first-order valence-corrected chi connectivity index (χ1v) is 21.5. The molecule has 0 heterocycles. The summed E-state index contributed by atoms with van der Waals surface area (Å²) in [6.45, 7) is 2.37. The van der Waals surface area contributed by atoms with Crippen molar-refractivity contribution < 1.29 is 10.2 Å². The number of aliphatic hydroxyl groups excluding tert-OH is 2. The highest BCUT2D eigenvalue weighted by Gasteiger charge is 2.50. The minimum Gasteiger partial charge on any atom is -0.393 e. The quantitative estimate of drug-likeness (QED) is 0.225. The smallest absolute Gasteiger partial charge is 0.0602 e. The molecule has 260 valence electrons. The van der Waals surface area contributed by atoms with E-state index in [-0.39, 0.29) is 12.2 Å². The summed E-state index contributed by atoms with van der Waals surface area (Å²) in [5.74, 6) is 7.82. The Hall–Kier alpha value is -0.0800. The summed E-state index contributed by atoms with van der Waals surface area (Å²) in [6, 6.07) is 0. The maximum atomic E-state index is 12.2. The molecule has 6 rings (SSSR count). The molecule has 0 aromatic carbocycles. The number of unbranched alkanes of at least 4 members (excludes halogenated alkanes) is 3. The van der Waals surface area contributed by atoms with Crippen LogP contribution in [0.15, 0.2) is 0 Å². The Morgan fingerprint density at radius 3 is 1.02 bits per heavy atom. The summed E-state index contributed by atoms with van der Waals surface area (Å²) in [7, 11) is 0. The zero-order valence-corrected chi connectivity index (χ0v) is 29.9. The minimum atomic E-state index is -0.0358. The second-order valence-corrected chi connectivity index (χ2v) is 18.2.